The molecule has 0 aliphatic rings. The quantitative estimate of drug-likeness (QED) is 0.535. The highest BCUT2D eigenvalue weighted by Gasteiger charge is 2.25. The molecule has 0 saturated carbocycles. The first-order valence-electron chi connectivity index (χ1n) is 6.97. The Morgan fingerprint density at radius 2 is 1.83 bits per heavy atom. The van der Waals surface area contributed by atoms with Gasteiger partial charge in [-0.1, -0.05) is 53.5 Å². The highest BCUT2D eigenvalue weighted by atomic mass is 79.9. The van der Waals surface area contributed by atoms with Gasteiger partial charge in [-0.05, 0) is 33.1 Å². The lowest BCUT2D eigenvalue weighted by Gasteiger charge is -2.22. The van der Waals surface area contributed by atoms with Crippen LogP contribution < -0.4 is 5.32 Å². The molecule has 2 atom stereocenters. The summed E-state index contributed by atoms with van der Waals surface area (Å²) in [7, 11) is 0. The van der Waals surface area contributed by atoms with Crippen LogP contribution in [0.25, 0.3) is 11.1 Å². The smallest absolute Gasteiger partial charge is 0.253 e. The van der Waals surface area contributed by atoms with Crippen molar-refractivity contribution in [2.24, 2.45) is 0 Å². The van der Waals surface area contributed by atoms with Crippen molar-refractivity contribution in [2.45, 2.75) is 17.0 Å². The third-order valence-corrected chi connectivity index (χ3v) is 4.25. The van der Waals surface area contributed by atoms with Gasteiger partial charge in [-0.15, -0.1) is 0 Å². The summed E-state index contributed by atoms with van der Waals surface area (Å²) in [4.78, 5) is 14.3. The van der Waals surface area contributed by atoms with Crippen molar-refractivity contribution in [2.75, 3.05) is 6.67 Å². The molecule has 1 heterocycles. The van der Waals surface area contributed by atoms with Crippen molar-refractivity contribution >= 4 is 45.0 Å². The molecule has 0 radical (unpaired) electrons. The average Bonchev–Trinajstić information content (AvgIpc) is 2.59. The van der Waals surface area contributed by atoms with E-state index >= 15 is 0 Å². The van der Waals surface area contributed by atoms with E-state index in [0.29, 0.717) is 5.56 Å². The fourth-order valence-corrected chi connectivity index (χ4v) is 2.46. The molecule has 24 heavy (non-hydrogen) atoms. The van der Waals surface area contributed by atoms with Crippen molar-refractivity contribution in [1.29, 1.82) is 0 Å². The number of alkyl halides is 3. The number of amides is 1. The summed E-state index contributed by atoms with van der Waals surface area (Å²) in [6, 6.07) is 9.48. The normalized spacial score (nSPS) is 13.6. The van der Waals surface area contributed by atoms with Gasteiger partial charge < -0.3 is 10.4 Å². The lowest BCUT2D eigenvalue weighted by Crippen LogP contribution is -2.43. The minimum Gasteiger partial charge on any atom is -0.386 e. The van der Waals surface area contributed by atoms with Crippen LogP contribution >= 0.6 is 39.1 Å². The van der Waals surface area contributed by atoms with Crippen molar-refractivity contribution in [3.05, 3.63) is 52.8 Å². The maximum atomic E-state index is 13.1. The second-order valence-electron chi connectivity index (χ2n) is 5.01. The first kappa shape index (κ1) is 19.1. The van der Waals surface area contributed by atoms with E-state index in [9.17, 15) is 14.3 Å². The molecule has 0 fully saturated rings. The molecule has 0 spiro atoms. The van der Waals surface area contributed by atoms with Crippen LogP contribution in [0.15, 0.2) is 47.2 Å². The fraction of sp³-hybridized carbons (Fsp3) is 0.250. The van der Waals surface area contributed by atoms with E-state index in [4.69, 9.17) is 23.2 Å². The van der Waals surface area contributed by atoms with Gasteiger partial charge in [0.15, 0.2) is 4.84 Å². The maximum Gasteiger partial charge on any atom is 0.253 e. The number of aliphatic hydroxyl groups excluding tert-OH is 1. The Morgan fingerprint density at radius 3 is 2.33 bits per heavy atom. The average molecular weight is 436 g/mol. The predicted molar refractivity (Wildman–Crippen MR) is 95.7 cm³/mol. The number of hydrogen-bond donors (Lipinski definition) is 2. The van der Waals surface area contributed by atoms with E-state index in [1.165, 1.54) is 0 Å². The van der Waals surface area contributed by atoms with Crippen LogP contribution in [0, 0.1) is 0 Å². The van der Waals surface area contributed by atoms with Gasteiger partial charge in [0, 0.05) is 11.8 Å². The second-order valence-corrected chi connectivity index (χ2v) is 6.92. The molecule has 128 valence electrons. The van der Waals surface area contributed by atoms with E-state index in [-0.39, 0.29) is 0 Å². The summed E-state index contributed by atoms with van der Waals surface area (Å²) in [6.07, 6.45) is 0.490. The van der Waals surface area contributed by atoms with Gasteiger partial charge in [0.05, 0.1) is 6.04 Å². The monoisotopic (exact) mass is 434 g/mol. The number of aliphatic hydroxyl groups is 1. The number of pyridine rings is 1. The van der Waals surface area contributed by atoms with E-state index in [0.717, 1.165) is 15.7 Å². The molecule has 0 unspecified atom stereocenters. The molecular formula is C16H14BrCl2FN2O2. The second kappa shape index (κ2) is 8.76. The molecule has 2 rings (SSSR count). The summed E-state index contributed by atoms with van der Waals surface area (Å²) in [6.45, 7) is -0.953. The van der Waals surface area contributed by atoms with Crippen LogP contribution in [0.2, 0.25) is 0 Å². The standard InChI is InChI=1S/C16H14BrCl2FN2O2/c17-13-6-5-11(8-21-13)9-1-3-10(4-2-9)14(23)12(7-20)22-16(24)15(18)19/h1-6,8,12,14-15,23H,7H2,(H,22,24)/t12-,14-/m1/s1. The molecule has 1 aromatic heterocycles. The zero-order valence-corrected chi connectivity index (χ0v) is 15.4. The summed E-state index contributed by atoms with van der Waals surface area (Å²) in [5.41, 5.74) is 2.27. The minimum absolute atomic E-state index is 0.465. The number of nitrogens with one attached hydrogen (secondary N) is 1. The maximum absolute atomic E-state index is 13.1. The van der Waals surface area contributed by atoms with E-state index in [1.807, 2.05) is 12.1 Å². The van der Waals surface area contributed by atoms with Crippen molar-refractivity contribution < 1.29 is 14.3 Å². The van der Waals surface area contributed by atoms with Gasteiger partial charge in [0.1, 0.15) is 17.4 Å². The predicted octanol–water partition coefficient (Wildman–Crippen LogP) is 3.80. The Bertz CT molecular complexity index is 683. The Kier molecular flexibility index (Phi) is 6.98. The Hall–Kier alpha value is -1.21. The van der Waals surface area contributed by atoms with Gasteiger partial charge in [-0.25, -0.2) is 9.37 Å². The third kappa shape index (κ3) is 4.89. The Balaban J connectivity index is 2.13. The Labute approximate surface area is 157 Å². The molecule has 1 amide bonds. The van der Waals surface area contributed by atoms with Gasteiger partial charge in [0.2, 0.25) is 0 Å². The van der Waals surface area contributed by atoms with Crippen molar-refractivity contribution in [3.63, 3.8) is 0 Å². The molecule has 2 N–H and O–H groups in total. The lowest BCUT2D eigenvalue weighted by molar-refractivity contribution is -0.121. The first-order valence-corrected chi connectivity index (χ1v) is 8.63. The van der Waals surface area contributed by atoms with Gasteiger partial charge in [-0.3, -0.25) is 4.79 Å². The van der Waals surface area contributed by atoms with E-state index in [1.54, 1.807) is 30.5 Å². The molecule has 0 saturated heterocycles. The molecule has 4 nitrogen and oxygen atoms in total. The molecule has 8 heteroatoms. The Morgan fingerprint density at radius 1 is 1.21 bits per heavy atom. The number of benzene rings is 1. The number of aromatic nitrogens is 1. The van der Waals surface area contributed by atoms with Crippen LogP contribution in [-0.2, 0) is 4.79 Å². The molecular weight excluding hydrogens is 422 g/mol. The summed E-state index contributed by atoms with van der Waals surface area (Å²) < 4.78 is 13.9. The molecule has 0 aliphatic carbocycles. The fourth-order valence-electron chi connectivity index (χ4n) is 2.10. The zero-order valence-electron chi connectivity index (χ0n) is 12.3. The molecule has 1 aromatic carbocycles. The zero-order chi connectivity index (χ0) is 17.7. The topological polar surface area (TPSA) is 62.2 Å². The SMILES string of the molecule is O=C(N[C@H](CF)[C@H](O)c1ccc(-c2ccc(Br)nc2)cc1)C(Cl)Cl. The summed E-state index contributed by atoms with van der Waals surface area (Å²) >= 11 is 14.1. The van der Waals surface area contributed by atoms with Gasteiger partial charge in [0.25, 0.3) is 5.91 Å². The molecule has 0 aliphatic heterocycles. The number of hydrogen-bond acceptors (Lipinski definition) is 3. The van der Waals surface area contributed by atoms with Crippen LogP contribution in [0.4, 0.5) is 4.39 Å². The van der Waals surface area contributed by atoms with Crippen molar-refractivity contribution in [1.82, 2.24) is 10.3 Å². The van der Waals surface area contributed by atoms with Crippen molar-refractivity contribution in [3.8, 4) is 11.1 Å². The summed E-state index contributed by atoms with van der Waals surface area (Å²) in [5, 5.41) is 12.5. The largest absolute Gasteiger partial charge is 0.386 e. The number of nitrogens with zero attached hydrogens (tertiary/aromatic N) is 1. The first-order chi connectivity index (χ1) is 11.4. The van der Waals surface area contributed by atoms with E-state index < -0.39 is 29.6 Å². The van der Waals surface area contributed by atoms with E-state index in [2.05, 4.69) is 26.2 Å². The highest BCUT2D eigenvalue weighted by molar-refractivity contribution is 9.10. The number of rotatable bonds is 6. The third-order valence-electron chi connectivity index (χ3n) is 3.39. The minimum atomic E-state index is -1.32. The lowest BCUT2D eigenvalue weighted by atomic mass is 9.99. The number of carbonyl (C=O) groups excluding carboxylic acids is 1. The highest BCUT2D eigenvalue weighted by Crippen LogP contribution is 2.24. The van der Waals surface area contributed by atoms with Gasteiger partial charge in [-0.2, -0.15) is 0 Å². The molecule has 2 aromatic rings. The summed E-state index contributed by atoms with van der Waals surface area (Å²) in [5.74, 6) is -0.752. The van der Waals surface area contributed by atoms with Crippen LogP contribution in [0.5, 0.6) is 0 Å². The van der Waals surface area contributed by atoms with Crippen LogP contribution in [0.1, 0.15) is 11.7 Å². The van der Waals surface area contributed by atoms with Crippen LogP contribution in [0.3, 0.4) is 0 Å². The van der Waals surface area contributed by atoms with Gasteiger partial charge >= 0.3 is 0 Å². The number of carbonyl (C=O) groups is 1. The molecule has 0 bridgehead atoms. The number of halogens is 4. The van der Waals surface area contributed by atoms with Crippen LogP contribution in [-0.4, -0.2) is 33.6 Å².